The number of rotatable bonds is 3. The molecule has 0 amide bonds. The van der Waals surface area contributed by atoms with Crippen LogP contribution in [-0.4, -0.2) is 29.5 Å². The number of pyridine rings is 1. The molecule has 4 rings (SSSR count). The molecule has 0 N–H and O–H groups in total. The van der Waals surface area contributed by atoms with Gasteiger partial charge in [0.15, 0.2) is 0 Å². The van der Waals surface area contributed by atoms with Gasteiger partial charge in [0, 0.05) is 31.7 Å². The molecule has 3 nitrogen and oxygen atoms in total. The summed E-state index contributed by atoms with van der Waals surface area (Å²) >= 11 is 6.37. The highest BCUT2D eigenvalue weighted by atomic mass is 35.5. The minimum absolute atomic E-state index is 0.644. The van der Waals surface area contributed by atoms with E-state index in [1.165, 1.54) is 6.42 Å². The van der Waals surface area contributed by atoms with Gasteiger partial charge in [0.1, 0.15) is 11.0 Å². The smallest absolute Gasteiger partial charge is 0.136 e. The molecule has 0 aromatic carbocycles. The van der Waals surface area contributed by atoms with Gasteiger partial charge in [0.05, 0.1) is 0 Å². The molecule has 0 bridgehead atoms. The largest absolute Gasteiger partial charge is 0.369 e. The van der Waals surface area contributed by atoms with E-state index in [4.69, 9.17) is 11.6 Å². The Labute approximate surface area is 124 Å². The number of aromatic nitrogens is 1. The number of fused-ring (bicyclic) bond motifs is 1. The molecular formula is C16H18ClN3. The molecule has 1 saturated heterocycles. The zero-order chi connectivity index (χ0) is 13.5. The molecule has 2 fully saturated rings. The molecule has 1 aromatic heterocycles. The van der Waals surface area contributed by atoms with E-state index < -0.39 is 0 Å². The van der Waals surface area contributed by atoms with E-state index in [9.17, 15) is 0 Å². The third-order valence-corrected chi connectivity index (χ3v) is 4.80. The van der Waals surface area contributed by atoms with Crippen LogP contribution in [0.25, 0.3) is 0 Å². The molecule has 0 radical (unpaired) electrons. The number of hydrogen-bond donors (Lipinski definition) is 0. The normalized spacial score (nSPS) is 27.1. The molecule has 20 heavy (non-hydrogen) atoms. The Morgan fingerprint density at radius 3 is 2.75 bits per heavy atom. The van der Waals surface area contributed by atoms with Crippen LogP contribution >= 0.6 is 11.6 Å². The number of halogens is 1. The lowest BCUT2D eigenvalue weighted by Gasteiger charge is -2.23. The van der Waals surface area contributed by atoms with Crippen molar-refractivity contribution in [2.45, 2.75) is 13.0 Å². The Balaban J connectivity index is 1.47. The predicted molar refractivity (Wildman–Crippen MR) is 81.7 cm³/mol. The Kier molecular flexibility index (Phi) is 2.95. The molecule has 2 atom stereocenters. The zero-order valence-electron chi connectivity index (χ0n) is 11.4. The van der Waals surface area contributed by atoms with Gasteiger partial charge in [-0.15, -0.1) is 0 Å². The summed E-state index contributed by atoms with van der Waals surface area (Å²) in [6.45, 7) is 4.07. The zero-order valence-corrected chi connectivity index (χ0v) is 12.1. The van der Waals surface area contributed by atoms with E-state index in [-0.39, 0.29) is 0 Å². The molecule has 1 aromatic rings. The van der Waals surface area contributed by atoms with Crippen LogP contribution in [0.5, 0.6) is 0 Å². The minimum Gasteiger partial charge on any atom is -0.369 e. The van der Waals surface area contributed by atoms with Crippen molar-refractivity contribution in [1.29, 1.82) is 0 Å². The maximum absolute atomic E-state index is 6.37. The van der Waals surface area contributed by atoms with Gasteiger partial charge in [-0.3, -0.25) is 0 Å². The summed E-state index contributed by atoms with van der Waals surface area (Å²) in [5.41, 5.74) is 1.10. The van der Waals surface area contributed by atoms with E-state index in [1.54, 1.807) is 0 Å². The van der Waals surface area contributed by atoms with Crippen molar-refractivity contribution in [3.8, 4) is 0 Å². The molecule has 3 aliphatic rings. The first-order chi connectivity index (χ1) is 9.79. The van der Waals surface area contributed by atoms with Crippen LogP contribution in [0.15, 0.2) is 36.6 Å². The van der Waals surface area contributed by atoms with Crippen LogP contribution in [0.4, 0.5) is 5.82 Å². The SMILES string of the molecule is Clc1nc(N2CC3CC3C2)ccc1CN1C=CC=CC1. The molecule has 2 aliphatic heterocycles. The summed E-state index contributed by atoms with van der Waals surface area (Å²) in [7, 11) is 0. The van der Waals surface area contributed by atoms with Crippen molar-refractivity contribution < 1.29 is 0 Å². The third-order valence-electron chi connectivity index (χ3n) is 4.47. The first kappa shape index (κ1) is 12.3. The summed E-state index contributed by atoms with van der Waals surface area (Å²) in [6, 6.07) is 4.25. The summed E-state index contributed by atoms with van der Waals surface area (Å²) in [4.78, 5) is 9.20. The van der Waals surface area contributed by atoms with Crippen LogP contribution in [0, 0.1) is 11.8 Å². The van der Waals surface area contributed by atoms with Crippen LogP contribution in [0.2, 0.25) is 5.15 Å². The van der Waals surface area contributed by atoms with Gasteiger partial charge in [-0.2, -0.15) is 0 Å². The summed E-state index contributed by atoms with van der Waals surface area (Å²) < 4.78 is 0. The average molecular weight is 288 g/mol. The van der Waals surface area contributed by atoms with E-state index in [0.29, 0.717) is 5.15 Å². The van der Waals surface area contributed by atoms with Crippen LogP contribution in [0.1, 0.15) is 12.0 Å². The van der Waals surface area contributed by atoms with Crippen LogP contribution in [-0.2, 0) is 6.54 Å². The highest BCUT2D eigenvalue weighted by Crippen LogP contribution is 2.46. The molecule has 4 heteroatoms. The highest BCUT2D eigenvalue weighted by Gasteiger charge is 2.45. The fourth-order valence-electron chi connectivity index (χ4n) is 3.18. The van der Waals surface area contributed by atoms with Crippen molar-refractivity contribution in [1.82, 2.24) is 9.88 Å². The molecule has 0 spiro atoms. The summed E-state index contributed by atoms with van der Waals surface area (Å²) in [5.74, 6) is 2.88. The van der Waals surface area contributed by atoms with Crippen LogP contribution in [0.3, 0.4) is 0 Å². The van der Waals surface area contributed by atoms with Gasteiger partial charge in [0.25, 0.3) is 0 Å². The van der Waals surface area contributed by atoms with Crippen molar-refractivity contribution in [3.05, 3.63) is 47.3 Å². The second-order valence-electron chi connectivity index (χ2n) is 5.98. The fourth-order valence-corrected chi connectivity index (χ4v) is 3.39. The van der Waals surface area contributed by atoms with Gasteiger partial charge < -0.3 is 9.80 Å². The molecule has 1 saturated carbocycles. The quantitative estimate of drug-likeness (QED) is 0.797. The van der Waals surface area contributed by atoms with Gasteiger partial charge >= 0.3 is 0 Å². The first-order valence-electron chi connectivity index (χ1n) is 7.27. The lowest BCUT2D eigenvalue weighted by atomic mass is 10.2. The lowest BCUT2D eigenvalue weighted by Crippen LogP contribution is -2.23. The number of hydrogen-bond acceptors (Lipinski definition) is 3. The van der Waals surface area contributed by atoms with Gasteiger partial charge in [0.2, 0.25) is 0 Å². The van der Waals surface area contributed by atoms with E-state index in [0.717, 1.165) is 49.4 Å². The minimum atomic E-state index is 0.644. The van der Waals surface area contributed by atoms with Gasteiger partial charge in [-0.05, 0) is 36.6 Å². The number of anilines is 1. The van der Waals surface area contributed by atoms with Crippen molar-refractivity contribution in [2.75, 3.05) is 24.5 Å². The van der Waals surface area contributed by atoms with E-state index in [2.05, 4.69) is 51.3 Å². The van der Waals surface area contributed by atoms with Gasteiger partial charge in [-0.1, -0.05) is 29.8 Å². The average Bonchev–Trinajstić information content (AvgIpc) is 3.08. The standard InChI is InChI=1S/C16H18ClN3/c17-16-12(9-19-6-2-1-3-7-19)4-5-15(18-16)20-10-13-8-14(13)11-20/h1-6,13-14H,7-11H2. The summed E-state index contributed by atoms with van der Waals surface area (Å²) in [5, 5.41) is 0.644. The van der Waals surface area contributed by atoms with Crippen molar-refractivity contribution in [3.63, 3.8) is 0 Å². The Morgan fingerprint density at radius 1 is 1.20 bits per heavy atom. The first-order valence-corrected chi connectivity index (χ1v) is 7.65. The number of allylic oxidation sites excluding steroid dienone is 2. The topological polar surface area (TPSA) is 19.4 Å². The monoisotopic (exact) mass is 287 g/mol. The van der Waals surface area contributed by atoms with Crippen molar-refractivity contribution in [2.24, 2.45) is 11.8 Å². The molecule has 104 valence electrons. The molecule has 1 aliphatic carbocycles. The summed E-state index contributed by atoms with van der Waals surface area (Å²) in [6.07, 6.45) is 9.77. The van der Waals surface area contributed by atoms with Crippen molar-refractivity contribution >= 4 is 17.4 Å². The molecular weight excluding hydrogens is 270 g/mol. The molecule has 2 unspecified atom stereocenters. The number of piperidine rings is 1. The Morgan fingerprint density at radius 2 is 2.05 bits per heavy atom. The van der Waals surface area contributed by atoms with Gasteiger partial charge in [-0.25, -0.2) is 4.98 Å². The van der Waals surface area contributed by atoms with E-state index >= 15 is 0 Å². The Bertz CT molecular complexity index is 571. The molecule has 3 heterocycles. The second-order valence-corrected chi connectivity index (χ2v) is 6.34. The predicted octanol–water partition coefficient (Wildman–Crippen LogP) is 3.08. The third kappa shape index (κ3) is 2.31. The maximum atomic E-state index is 6.37. The second kappa shape index (κ2) is 4.81. The van der Waals surface area contributed by atoms with Crippen LogP contribution < -0.4 is 4.90 Å². The lowest BCUT2D eigenvalue weighted by molar-refractivity contribution is 0.405. The fraction of sp³-hybridized carbons (Fsp3) is 0.438. The number of nitrogens with zero attached hydrogens (tertiary/aromatic N) is 3. The van der Waals surface area contributed by atoms with E-state index in [1.807, 2.05) is 0 Å². The highest BCUT2D eigenvalue weighted by molar-refractivity contribution is 6.30. The Hall–Kier alpha value is -1.48. The maximum Gasteiger partial charge on any atom is 0.136 e.